The molecule has 154 valence electrons. The molecule has 0 unspecified atom stereocenters. The number of halogens is 1. The lowest BCUT2D eigenvalue weighted by atomic mass is 10.1. The van der Waals surface area contributed by atoms with Gasteiger partial charge in [-0.25, -0.2) is 9.18 Å². The predicted molar refractivity (Wildman–Crippen MR) is 106 cm³/mol. The van der Waals surface area contributed by atoms with E-state index in [1.165, 1.54) is 65.6 Å². The Labute approximate surface area is 170 Å². The van der Waals surface area contributed by atoms with Crippen molar-refractivity contribution in [2.75, 3.05) is 18.1 Å². The Morgan fingerprint density at radius 3 is 2.33 bits per heavy atom. The molecule has 0 aliphatic heterocycles. The maximum atomic E-state index is 13.1. The van der Waals surface area contributed by atoms with Crippen LogP contribution in [0, 0.1) is 15.9 Å². The van der Waals surface area contributed by atoms with Gasteiger partial charge in [-0.05, 0) is 55.5 Å². The van der Waals surface area contributed by atoms with Gasteiger partial charge in [-0.15, -0.1) is 0 Å². The minimum absolute atomic E-state index is 0.0647. The van der Waals surface area contributed by atoms with Crippen LogP contribution in [0.15, 0.2) is 65.1 Å². The fraction of sp³-hybridized carbons (Fsp3) is 0.143. The molecule has 1 amide bonds. The number of carbonyl (C=O) groups is 2. The number of non-ortho nitro benzene ring substituents is 1. The zero-order valence-corrected chi connectivity index (χ0v) is 15.9. The predicted octanol–water partition coefficient (Wildman–Crippen LogP) is 4.20. The van der Waals surface area contributed by atoms with Gasteiger partial charge >= 0.3 is 5.97 Å². The molecule has 0 fully saturated rings. The van der Waals surface area contributed by atoms with Crippen LogP contribution in [0.3, 0.4) is 0 Å². The third kappa shape index (κ3) is 4.69. The molecule has 0 aliphatic rings. The van der Waals surface area contributed by atoms with E-state index >= 15 is 0 Å². The van der Waals surface area contributed by atoms with Gasteiger partial charge in [0, 0.05) is 29.9 Å². The molecule has 2 aromatic carbocycles. The van der Waals surface area contributed by atoms with Gasteiger partial charge < -0.3 is 14.1 Å². The number of nitrogens with zero attached hydrogens (tertiary/aromatic N) is 2. The quantitative estimate of drug-likeness (QED) is 0.327. The van der Waals surface area contributed by atoms with Crippen molar-refractivity contribution in [3.05, 3.63) is 82.4 Å². The van der Waals surface area contributed by atoms with E-state index in [4.69, 9.17) is 9.15 Å². The summed E-state index contributed by atoms with van der Waals surface area (Å²) < 4.78 is 23.5. The SMILES string of the molecule is CCN(C(=O)COC(=O)c1ccc(-c2ccc([N+](=O)[O-])cc2)o1)c1ccc(F)cc1. The van der Waals surface area contributed by atoms with Crippen LogP contribution in [0.1, 0.15) is 17.5 Å². The second-order valence-corrected chi connectivity index (χ2v) is 6.16. The Bertz CT molecular complexity index is 1060. The van der Waals surface area contributed by atoms with E-state index in [1.54, 1.807) is 6.92 Å². The van der Waals surface area contributed by atoms with Crippen molar-refractivity contribution in [3.8, 4) is 11.3 Å². The molecule has 9 heteroatoms. The number of nitro benzene ring substituents is 1. The molecule has 0 N–H and O–H groups in total. The summed E-state index contributed by atoms with van der Waals surface area (Å²) in [6.45, 7) is 1.54. The van der Waals surface area contributed by atoms with Gasteiger partial charge in [0.25, 0.3) is 11.6 Å². The zero-order chi connectivity index (χ0) is 21.7. The summed E-state index contributed by atoms with van der Waals surface area (Å²) >= 11 is 0. The smallest absolute Gasteiger partial charge is 0.374 e. The molecule has 30 heavy (non-hydrogen) atoms. The minimum atomic E-state index is -0.827. The molecule has 0 saturated carbocycles. The molecular weight excluding hydrogens is 395 g/mol. The van der Waals surface area contributed by atoms with Gasteiger partial charge in [-0.3, -0.25) is 14.9 Å². The number of hydrogen-bond acceptors (Lipinski definition) is 6. The lowest BCUT2D eigenvalue weighted by Crippen LogP contribution is -2.34. The Morgan fingerprint density at radius 1 is 1.07 bits per heavy atom. The fourth-order valence-electron chi connectivity index (χ4n) is 2.75. The monoisotopic (exact) mass is 412 g/mol. The van der Waals surface area contributed by atoms with Crippen LogP contribution in [0.25, 0.3) is 11.3 Å². The van der Waals surface area contributed by atoms with Crippen LogP contribution in [0.5, 0.6) is 0 Å². The molecule has 3 aromatic rings. The Morgan fingerprint density at radius 2 is 1.73 bits per heavy atom. The van der Waals surface area contributed by atoms with Crippen LogP contribution in [0.4, 0.5) is 15.8 Å². The van der Waals surface area contributed by atoms with Crippen LogP contribution in [-0.4, -0.2) is 30.0 Å². The summed E-state index contributed by atoms with van der Waals surface area (Å²) in [5, 5.41) is 10.7. The van der Waals surface area contributed by atoms with Crippen LogP contribution < -0.4 is 4.90 Å². The van der Waals surface area contributed by atoms with E-state index in [2.05, 4.69) is 0 Å². The molecule has 0 atom stereocenters. The lowest BCUT2D eigenvalue weighted by molar-refractivity contribution is -0.384. The van der Waals surface area contributed by atoms with Crippen molar-refractivity contribution in [2.45, 2.75) is 6.92 Å². The summed E-state index contributed by atoms with van der Waals surface area (Å²) in [4.78, 5) is 36.1. The van der Waals surface area contributed by atoms with Gasteiger partial charge in [-0.1, -0.05) is 0 Å². The van der Waals surface area contributed by atoms with E-state index in [1.807, 2.05) is 0 Å². The summed E-state index contributed by atoms with van der Waals surface area (Å²) in [6, 6.07) is 13.9. The topological polar surface area (TPSA) is 103 Å². The highest BCUT2D eigenvalue weighted by Crippen LogP contribution is 2.25. The molecule has 0 radical (unpaired) electrons. The minimum Gasteiger partial charge on any atom is -0.450 e. The summed E-state index contributed by atoms with van der Waals surface area (Å²) in [5.74, 6) is -1.51. The largest absolute Gasteiger partial charge is 0.450 e. The van der Waals surface area contributed by atoms with Gasteiger partial charge in [0.05, 0.1) is 4.92 Å². The van der Waals surface area contributed by atoms with Crippen molar-refractivity contribution < 1.29 is 28.1 Å². The molecule has 3 rings (SSSR count). The number of ether oxygens (including phenoxy) is 1. The highest BCUT2D eigenvalue weighted by molar-refractivity contribution is 5.96. The van der Waals surface area contributed by atoms with Crippen molar-refractivity contribution in [2.24, 2.45) is 0 Å². The number of esters is 1. The number of hydrogen-bond donors (Lipinski definition) is 0. The van der Waals surface area contributed by atoms with Crippen molar-refractivity contribution in [1.82, 2.24) is 0 Å². The van der Waals surface area contributed by atoms with Crippen molar-refractivity contribution in [3.63, 3.8) is 0 Å². The van der Waals surface area contributed by atoms with Gasteiger partial charge in [0.2, 0.25) is 5.76 Å². The van der Waals surface area contributed by atoms with E-state index in [9.17, 15) is 24.1 Å². The molecule has 0 bridgehead atoms. The summed E-state index contributed by atoms with van der Waals surface area (Å²) in [6.07, 6.45) is 0. The molecule has 0 saturated heterocycles. The van der Waals surface area contributed by atoms with Crippen molar-refractivity contribution in [1.29, 1.82) is 0 Å². The highest BCUT2D eigenvalue weighted by atomic mass is 19.1. The van der Waals surface area contributed by atoms with Gasteiger partial charge in [-0.2, -0.15) is 0 Å². The molecule has 1 aromatic heterocycles. The molecule has 8 nitrogen and oxygen atoms in total. The first-order valence-electron chi connectivity index (χ1n) is 8.96. The summed E-state index contributed by atoms with van der Waals surface area (Å²) in [5.41, 5.74) is 0.965. The van der Waals surface area contributed by atoms with Crippen LogP contribution in [0.2, 0.25) is 0 Å². The maximum Gasteiger partial charge on any atom is 0.374 e. The Kier molecular flexibility index (Phi) is 6.21. The number of likely N-dealkylation sites (N-methyl/N-ethyl adjacent to an activating group) is 1. The zero-order valence-electron chi connectivity index (χ0n) is 15.9. The van der Waals surface area contributed by atoms with Crippen LogP contribution >= 0.6 is 0 Å². The van der Waals surface area contributed by atoms with Gasteiger partial charge in [0.15, 0.2) is 6.61 Å². The van der Waals surface area contributed by atoms with E-state index in [-0.39, 0.29) is 11.4 Å². The van der Waals surface area contributed by atoms with E-state index in [0.29, 0.717) is 23.6 Å². The number of benzene rings is 2. The van der Waals surface area contributed by atoms with E-state index < -0.39 is 29.2 Å². The Hall–Kier alpha value is -4.01. The summed E-state index contributed by atoms with van der Waals surface area (Å²) in [7, 11) is 0. The first-order chi connectivity index (χ1) is 14.4. The average Bonchev–Trinajstić information content (AvgIpc) is 3.24. The van der Waals surface area contributed by atoms with Crippen molar-refractivity contribution >= 4 is 23.3 Å². The number of nitro groups is 1. The third-order valence-corrected chi connectivity index (χ3v) is 4.25. The fourth-order valence-corrected chi connectivity index (χ4v) is 2.75. The van der Waals surface area contributed by atoms with Gasteiger partial charge in [0.1, 0.15) is 11.6 Å². The molecule has 0 spiro atoms. The first kappa shape index (κ1) is 20.7. The third-order valence-electron chi connectivity index (χ3n) is 4.25. The number of furan rings is 1. The maximum absolute atomic E-state index is 13.1. The molecule has 0 aliphatic carbocycles. The lowest BCUT2D eigenvalue weighted by Gasteiger charge is -2.20. The number of amides is 1. The Balaban J connectivity index is 1.63. The standard InChI is InChI=1S/C21H17FN2O6/c1-2-23(16-9-5-15(22)6-10-16)20(25)13-29-21(26)19-12-11-18(30-19)14-3-7-17(8-4-14)24(27)28/h3-12H,2,13H2,1H3. The second-order valence-electron chi connectivity index (χ2n) is 6.16. The number of anilines is 1. The van der Waals surface area contributed by atoms with Crippen LogP contribution in [-0.2, 0) is 9.53 Å². The second kappa shape index (κ2) is 8.99. The molecular formula is C21H17FN2O6. The number of rotatable bonds is 7. The molecule has 1 heterocycles. The number of carbonyl (C=O) groups excluding carboxylic acids is 2. The normalized spacial score (nSPS) is 10.5. The first-order valence-corrected chi connectivity index (χ1v) is 8.96. The van der Waals surface area contributed by atoms with E-state index in [0.717, 1.165) is 0 Å². The average molecular weight is 412 g/mol. The highest BCUT2D eigenvalue weighted by Gasteiger charge is 2.19.